The number of methoxy groups -OCH3 is 2. The van der Waals surface area contributed by atoms with Crippen molar-refractivity contribution >= 4 is 5.97 Å². The molecule has 1 aliphatic rings. The number of fused-ring (bicyclic) bond motifs is 1. The van der Waals surface area contributed by atoms with Crippen LogP contribution in [0.15, 0.2) is 18.2 Å². The highest BCUT2D eigenvalue weighted by molar-refractivity contribution is 5.84. The van der Waals surface area contributed by atoms with Gasteiger partial charge in [-0.2, -0.15) is 0 Å². The summed E-state index contributed by atoms with van der Waals surface area (Å²) >= 11 is 0. The molecule has 1 aliphatic carbocycles. The third kappa shape index (κ3) is 3.04. The highest BCUT2D eigenvalue weighted by Crippen LogP contribution is 2.39. The van der Waals surface area contributed by atoms with E-state index < -0.39 is 5.54 Å². The van der Waals surface area contributed by atoms with E-state index in [0.717, 1.165) is 23.3 Å². The molecule has 1 N–H and O–H groups in total. The third-order valence-electron chi connectivity index (χ3n) is 3.90. The van der Waals surface area contributed by atoms with Gasteiger partial charge in [0.15, 0.2) is 0 Å². The lowest BCUT2D eigenvalue weighted by atomic mass is 9.91. The summed E-state index contributed by atoms with van der Waals surface area (Å²) in [6.07, 6.45) is 1.54. The van der Waals surface area contributed by atoms with Gasteiger partial charge in [0.05, 0.1) is 20.3 Å². The molecular weight excluding hydrogens is 270 g/mol. The number of hydrogen-bond acceptors (Lipinski definition) is 5. The van der Waals surface area contributed by atoms with E-state index in [0.29, 0.717) is 26.2 Å². The Labute approximate surface area is 125 Å². The first-order chi connectivity index (χ1) is 10.2. The van der Waals surface area contributed by atoms with Crippen LogP contribution in [0.4, 0.5) is 0 Å². The lowest BCUT2D eigenvalue weighted by Crippen LogP contribution is -2.49. The molecule has 0 amide bonds. The molecular formula is C16H23NO4. The molecule has 0 bridgehead atoms. The summed E-state index contributed by atoms with van der Waals surface area (Å²) in [6, 6.07) is 5.88. The molecule has 2 rings (SSSR count). The first kappa shape index (κ1) is 15.8. The molecule has 5 nitrogen and oxygen atoms in total. The van der Waals surface area contributed by atoms with Crippen molar-refractivity contribution in [3.05, 3.63) is 29.3 Å². The van der Waals surface area contributed by atoms with Crippen LogP contribution in [0.3, 0.4) is 0 Å². The van der Waals surface area contributed by atoms with Crippen LogP contribution in [-0.2, 0) is 26.2 Å². The van der Waals surface area contributed by atoms with Gasteiger partial charge in [-0.15, -0.1) is 0 Å². The van der Waals surface area contributed by atoms with Crippen molar-refractivity contribution in [1.82, 2.24) is 5.32 Å². The zero-order valence-corrected chi connectivity index (χ0v) is 12.9. The van der Waals surface area contributed by atoms with Gasteiger partial charge in [-0.1, -0.05) is 6.07 Å². The number of carbonyl (C=O) groups is 1. The predicted molar refractivity (Wildman–Crippen MR) is 79.5 cm³/mol. The van der Waals surface area contributed by atoms with Crippen molar-refractivity contribution < 1.29 is 19.0 Å². The SMILES string of the molecule is CCOC(=O)C1(NCCOC)CCc2ccc(OC)cc21. The van der Waals surface area contributed by atoms with Crippen LogP contribution < -0.4 is 10.1 Å². The zero-order valence-electron chi connectivity index (χ0n) is 12.9. The molecule has 5 heteroatoms. The van der Waals surface area contributed by atoms with Crippen molar-refractivity contribution in [3.8, 4) is 5.75 Å². The zero-order chi connectivity index (χ0) is 15.3. The predicted octanol–water partition coefficient (Wildman–Crippen LogP) is 1.64. The molecule has 0 fully saturated rings. The van der Waals surface area contributed by atoms with E-state index >= 15 is 0 Å². The lowest BCUT2D eigenvalue weighted by molar-refractivity contribution is -0.151. The average Bonchev–Trinajstić information content (AvgIpc) is 2.87. The Kier molecular flexibility index (Phi) is 5.20. The van der Waals surface area contributed by atoms with Crippen molar-refractivity contribution in [3.63, 3.8) is 0 Å². The fraction of sp³-hybridized carbons (Fsp3) is 0.562. The number of carbonyl (C=O) groups excluding carboxylic acids is 1. The highest BCUT2D eigenvalue weighted by Gasteiger charge is 2.46. The van der Waals surface area contributed by atoms with Crippen molar-refractivity contribution in [2.75, 3.05) is 34.0 Å². The number of hydrogen-bond donors (Lipinski definition) is 1. The summed E-state index contributed by atoms with van der Waals surface area (Å²) in [5.41, 5.74) is 1.32. The molecule has 116 valence electrons. The maximum Gasteiger partial charge on any atom is 0.331 e. The molecule has 0 radical (unpaired) electrons. The summed E-state index contributed by atoms with van der Waals surface area (Å²) in [6.45, 7) is 3.32. The number of nitrogens with one attached hydrogen (secondary N) is 1. The van der Waals surface area contributed by atoms with Crippen LogP contribution in [0.2, 0.25) is 0 Å². The Morgan fingerprint density at radius 3 is 2.86 bits per heavy atom. The van der Waals surface area contributed by atoms with E-state index in [1.807, 2.05) is 25.1 Å². The molecule has 1 aromatic rings. The molecule has 0 aliphatic heterocycles. The van der Waals surface area contributed by atoms with Crippen LogP contribution in [0.5, 0.6) is 5.75 Å². The smallest absolute Gasteiger partial charge is 0.331 e. The molecule has 1 aromatic carbocycles. The van der Waals surface area contributed by atoms with E-state index in [4.69, 9.17) is 14.2 Å². The standard InChI is InChI=1S/C16H23NO4/c1-4-21-15(18)16(17-9-10-19-2)8-7-12-5-6-13(20-3)11-14(12)16/h5-6,11,17H,4,7-10H2,1-3H3. The topological polar surface area (TPSA) is 56.8 Å². The summed E-state index contributed by atoms with van der Waals surface area (Å²) in [5.74, 6) is 0.519. The second kappa shape index (κ2) is 6.91. The van der Waals surface area contributed by atoms with Crippen LogP contribution in [-0.4, -0.2) is 39.9 Å². The Morgan fingerprint density at radius 1 is 1.38 bits per heavy atom. The largest absolute Gasteiger partial charge is 0.497 e. The molecule has 0 saturated heterocycles. The second-order valence-electron chi connectivity index (χ2n) is 5.07. The van der Waals surface area contributed by atoms with E-state index in [1.54, 1.807) is 14.2 Å². The average molecular weight is 293 g/mol. The first-order valence-corrected chi connectivity index (χ1v) is 7.26. The molecule has 21 heavy (non-hydrogen) atoms. The Bertz CT molecular complexity index is 503. The van der Waals surface area contributed by atoms with Crippen molar-refractivity contribution in [1.29, 1.82) is 0 Å². The summed E-state index contributed by atoms with van der Waals surface area (Å²) in [5, 5.41) is 3.33. The third-order valence-corrected chi connectivity index (χ3v) is 3.90. The maximum absolute atomic E-state index is 12.6. The quantitative estimate of drug-likeness (QED) is 0.612. The fourth-order valence-electron chi connectivity index (χ4n) is 2.84. The van der Waals surface area contributed by atoms with E-state index in [9.17, 15) is 4.79 Å². The fourth-order valence-corrected chi connectivity index (χ4v) is 2.84. The molecule has 1 unspecified atom stereocenters. The second-order valence-corrected chi connectivity index (χ2v) is 5.07. The van der Waals surface area contributed by atoms with Crippen LogP contribution in [0.1, 0.15) is 24.5 Å². The summed E-state index contributed by atoms with van der Waals surface area (Å²) in [7, 11) is 3.27. The molecule has 1 atom stereocenters. The molecule has 0 aromatic heterocycles. The minimum atomic E-state index is -0.793. The number of benzene rings is 1. The first-order valence-electron chi connectivity index (χ1n) is 7.26. The van der Waals surface area contributed by atoms with Crippen LogP contribution >= 0.6 is 0 Å². The van der Waals surface area contributed by atoms with Gasteiger partial charge in [0, 0.05) is 13.7 Å². The van der Waals surface area contributed by atoms with Gasteiger partial charge in [-0.25, -0.2) is 4.79 Å². The number of rotatable bonds is 7. The van der Waals surface area contributed by atoms with Crippen molar-refractivity contribution in [2.24, 2.45) is 0 Å². The van der Waals surface area contributed by atoms with Crippen LogP contribution in [0, 0.1) is 0 Å². The van der Waals surface area contributed by atoms with Gasteiger partial charge in [0.2, 0.25) is 0 Å². The Morgan fingerprint density at radius 2 is 2.19 bits per heavy atom. The number of esters is 1. The van der Waals surface area contributed by atoms with E-state index in [2.05, 4.69) is 5.32 Å². The van der Waals surface area contributed by atoms with Crippen LogP contribution in [0.25, 0.3) is 0 Å². The highest BCUT2D eigenvalue weighted by atomic mass is 16.5. The molecule has 0 saturated carbocycles. The van der Waals surface area contributed by atoms with Gasteiger partial charge in [-0.05, 0) is 43.0 Å². The van der Waals surface area contributed by atoms with Gasteiger partial charge in [0.25, 0.3) is 0 Å². The lowest BCUT2D eigenvalue weighted by Gasteiger charge is -2.29. The normalized spacial score (nSPS) is 20.1. The van der Waals surface area contributed by atoms with Gasteiger partial charge in [0.1, 0.15) is 11.3 Å². The molecule has 0 spiro atoms. The van der Waals surface area contributed by atoms with Crippen molar-refractivity contribution in [2.45, 2.75) is 25.3 Å². The van der Waals surface area contributed by atoms with Gasteiger partial charge >= 0.3 is 5.97 Å². The minimum Gasteiger partial charge on any atom is -0.497 e. The Hall–Kier alpha value is -1.59. The number of aryl methyl sites for hydroxylation is 1. The maximum atomic E-state index is 12.6. The van der Waals surface area contributed by atoms with Gasteiger partial charge in [-0.3, -0.25) is 5.32 Å². The van der Waals surface area contributed by atoms with E-state index in [1.165, 1.54) is 0 Å². The molecule has 0 heterocycles. The van der Waals surface area contributed by atoms with Gasteiger partial charge < -0.3 is 14.2 Å². The Balaban J connectivity index is 2.36. The summed E-state index contributed by atoms with van der Waals surface area (Å²) in [4.78, 5) is 12.6. The minimum absolute atomic E-state index is 0.229. The monoisotopic (exact) mass is 293 g/mol. The summed E-state index contributed by atoms with van der Waals surface area (Å²) < 4.78 is 15.7. The van der Waals surface area contributed by atoms with E-state index in [-0.39, 0.29) is 5.97 Å². The number of ether oxygens (including phenoxy) is 3.